The van der Waals surface area contributed by atoms with Crippen LogP contribution in [0.4, 0.5) is 0 Å². The van der Waals surface area contributed by atoms with Gasteiger partial charge < -0.3 is 18.9 Å². The van der Waals surface area contributed by atoms with Crippen LogP contribution in [0.25, 0.3) is 22.3 Å². The van der Waals surface area contributed by atoms with E-state index in [2.05, 4.69) is 62.4 Å². The van der Waals surface area contributed by atoms with Crippen molar-refractivity contribution in [1.82, 2.24) is 0 Å². The van der Waals surface area contributed by atoms with Crippen LogP contribution >= 0.6 is 0 Å². The molecule has 0 unspecified atom stereocenters. The Morgan fingerprint density at radius 2 is 0.465 bits per heavy atom. The molecule has 0 aliphatic carbocycles. The van der Waals surface area contributed by atoms with E-state index in [-0.39, 0.29) is 34.1 Å². The van der Waals surface area contributed by atoms with Crippen molar-refractivity contribution in [3.05, 3.63) is 203 Å². The molecule has 0 N–H and O–H groups in total. The van der Waals surface area contributed by atoms with Gasteiger partial charge in [-0.25, -0.2) is 19.2 Å². The van der Waals surface area contributed by atoms with Crippen LogP contribution in [0, 0.1) is 0 Å². The smallest absolute Gasteiger partial charge is 0.343 e. The highest BCUT2D eigenvalue weighted by molar-refractivity contribution is 5.94. The third-order valence-electron chi connectivity index (χ3n) is 16.3. The molecule has 8 nitrogen and oxygen atoms in total. The van der Waals surface area contributed by atoms with Crippen molar-refractivity contribution in [3.8, 4) is 45.3 Å². The average molecular weight is 1160 g/mol. The maximum atomic E-state index is 13.1. The van der Waals surface area contributed by atoms with Crippen molar-refractivity contribution in [2.45, 2.75) is 206 Å². The molecule has 0 radical (unpaired) electrons. The predicted molar refractivity (Wildman–Crippen MR) is 351 cm³/mol. The highest BCUT2D eigenvalue weighted by Gasteiger charge is 2.16. The summed E-state index contributed by atoms with van der Waals surface area (Å²) in [5.74, 6) is -1.46. The van der Waals surface area contributed by atoms with Gasteiger partial charge in [0.2, 0.25) is 0 Å². The number of hydrogen-bond donors (Lipinski definition) is 0. The van der Waals surface area contributed by atoms with Gasteiger partial charge in [-0.05, 0) is 144 Å². The Hall–Kier alpha value is -7.58. The molecule has 0 aliphatic heterocycles. The van der Waals surface area contributed by atoms with E-state index in [4.69, 9.17) is 18.9 Å². The van der Waals surface area contributed by atoms with Crippen molar-refractivity contribution in [2.75, 3.05) is 0 Å². The fourth-order valence-corrected chi connectivity index (χ4v) is 11.0. The molecule has 7 aromatic rings. The average Bonchev–Trinajstić information content (AvgIpc) is 3.61. The second kappa shape index (κ2) is 38.5. The molecule has 0 atom stereocenters. The first-order chi connectivity index (χ1) is 42.2. The minimum Gasteiger partial charge on any atom is -0.423 e. The van der Waals surface area contributed by atoms with Crippen LogP contribution in [0.5, 0.6) is 23.0 Å². The summed E-state index contributed by atoms with van der Waals surface area (Å²) >= 11 is 0. The molecule has 7 rings (SSSR count). The van der Waals surface area contributed by atoms with Crippen LogP contribution in [0.2, 0.25) is 0 Å². The molecule has 0 saturated heterocycles. The number of esters is 4. The summed E-state index contributed by atoms with van der Waals surface area (Å²) in [6, 6.07) is 50.5. The topological polar surface area (TPSA) is 105 Å². The Labute approximate surface area is 514 Å². The van der Waals surface area contributed by atoms with Gasteiger partial charge in [0.1, 0.15) is 23.0 Å². The largest absolute Gasteiger partial charge is 0.423 e. The van der Waals surface area contributed by atoms with Crippen molar-refractivity contribution in [1.29, 1.82) is 0 Å². The van der Waals surface area contributed by atoms with Crippen molar-refractivity contribution >= 4 is 23.9 Å². The first-order valence-electron chi connectivity index (χ1n) is 32.8. The summed E-state index contributed by atoms with van der Waals surface area (Å²) in [5, 5.41) is 0. The summed E-state index contributed by atoms with van der Waals surface area (Å²) in [7, 11) is 0. The van der Waals surface area contributed by atoms with Crippen molar-refractivity contribution in [3.63, 3.8) is 0 Å². The predicted octanol–water partition coefficient (Wildman–Crippen LogP) is 21.9. The molecule has 0 saturated carbocycles. The number of hydrogen-bond acceptors (Lipinski definition) is 8. The normalized spacial score (nSPS) is 11.1. The molecule has 0 heterocycles. The lowest BCUT2D eigenvalue weighted by Crippen LogP contribution is -2.11. The van der Waals surface area contributed by atoms with Gasteiger partial charge in [0.15, 0.2) is 0 Å². The highest BCUT2D eigenvalue weighted by atomic mass is 16.6. The van der Waals surface area contributed by atoms with E-state index in [1.54, 1.807) is 42.5 Å². The first-order valence-corrected chi connectivity index (χ1v) is 32.8. The van der Waals surface area contributed by atoms with Crippen LogP contribution < -0.4 is 18.9 Å². The Kier molecular flexibility index (Phi) is 29.5. The number of carbonyl (C=O) groups is 4. The fraction of sp³-hybridized carbons (Fsp3) is 0.410. The summed E-state index contributed by atoms with van der Waals surface area (Å²) in [6.07, 6.45) is 40.3. The monoisotopic (exact) mass is 1160 g/mol. The minimum absolute atomic E-state index is 0.161. The molecule has 8 heteroatoms. The molecule has 0 aromatic heterocycles. The van der Waals surface area contributed by atoms with Gasteiger partial charge in [0.25, 0.3) is 0 Å². The number of aryl methyl sites for hydroxylation is 2. The fourth-order valence-electron chi connectivity index (χ4n) is 11.0. The third kappa shape index (κ3) is 24.1. The van der Waals surface area contributed by atoms with Crippen LogP contribution in [-0.4, -0.2) is 23.9 Å². The molecule has 0 spiro atoms. The zero-order valence-electron chi connectivity index (χ0n) is 51.6. The Morgan fingerprint density at radius 1 is 0.244 bits per heavy atom. The van der Waals surface area contributed by atoms with Gasteiger partial charge in [-0.1, -0.05) is 260 Å². The van der Waals surface area contributed by atoms with Crippen molar-refractivity contribution < 1.29 is 38.1 Å². The van der Waals surface area contributed by atoms with E-state index in [0.717, 1.165) is 35.1 Å². The van der Waals surface area contributed by atoms with Crippen LogP contribution in [-0.2, 0) is 12.8 Å². The van der Waals surface area contributed by atoms with Crippen LogP contribution in [0.3, 0.4) is 0 Å². The zero-order chi connectivity index (χ0) is 60.2. The van der Waals surface area contributed by atoms with E-state index < -0.39 is 23.9 Å². The molecule has 0 amide bonds. The maximum Gasteiger partial charge on any atom is 0.343 e. The summed E-state index contributed by atoms with van der Waals surface area (Å²) in [4.78, 5) is 52.5. The quantitative estimate of drug-likeness (QED) is 0.0212. The van der Waals surface area contributed by atoms with E-state index in [0.29, 0.717) is 11.1 Å². The lowest BCUT2D eigenvalue weighted by Gasteiger charge is -2.09. The summed E-state index contributed by atoms with van der Waals surface area (Å²) in [5.41, 5.74) is 8.18. The summed E-state index contributed by atoms with van der Waals surface area (Å²) < 4.78 is 22.5. The number of unbranched alkanes of at least 4 members (excludes halogenated alkanes) is 26. The first kappa shape index (κ1) is 66.0. The molecular formula is C78H94O8. The van der Waals surface area contributed by atoms with Crippen LogP contribution in [0.1, 0.15) is 246 Å². The van der Waals surface area contributed by atoms with Gasteiger partial charge in [0, 0.05) is 6.07 Å². The Morgan fingerprint density at radius 3 is 0.733 bits per heavy atom. The molecule has 0 fully saturated rings. The van der Waals surface area contributed by atoms with Gasteiger partial charge in [-0.2, -0.15) is 0 Å². The third-order valence-corrected chi connectivity index (χ3v) is 16.3. The molecule has 86 heavy (non-hydrogen) atoms. The van der Waals surface area contributed by atoms with Crippen molar-refractivity contribution in [2.24, 2.45) is 0 Å². The second-order valence-corrected chi connectivity index (χ2v) is 23.3. The highest BCUT2D eigenvalue weighted by Crippen LogP contribution is 2.27. The second-order valence-electron chi connectivity index (χ2n) is 23.3. The molecular weight excluding hydrogens is 1060 g/mol. The number of carbonyl (C=O) groups excluding carboxylic acids is 4. The maximum absolute atomic E-state index is 13.1. The molecule has 0 bridgehead atoms. The van der Waals surface area contributed by atoms with Gasteiger partial charge >= 0.3 is 23.9 Å². The van der Waals surface area contributed by atoms with E-state index in [1.807, 2.05) is 24.3 Å². The molecule has 0 aliphatic rings. The van der Waals surface area contributed by atoms with Gasteiger partial charge in [0.05, 0.1) is 22.3 Å². The number of rotatable bonds is 40. The van der Waals surface area contributed by atoms with Crippen LogP contribution in [0.15, 0.2) is 170 Å². The molecule has 7 aromatic carbocycles. The van der Waals surface area contributed by atoms with E-state index in [1.165, 1.54) is 246 Å². The zero-order valence-corrected chi connectivity index (χ0v) is 51.6. The van der Waals surface area contributed by atoms with Gasteiger partial charge in [-0.15, -0.1) is 0 Å². The van der Waals surface area contributed by atoms with E-state index >= 15 is 0 Å². The lowest BCUT2D eigenvalue weighted by molar-refractivity contribution is 0.0723. The number of benzene rings is 7. The SMILES string of the molecule is CCCCCCCCCCCCCCCCc1ccc(-c2ccc(C(=O)Oc3ccc(C(=O)Oc4cccc(OC(=O)c5ccc(OC(=O)c6ccc(-c7ccc(CCCCCCCCCCCCCCCC)cc7)cc6)cc5)c4)cc3)cc2)cc1. The summed E-state index contributed by atoms with van der Waals surface area (Å²) in [6.45, 7) is 4.55. The minimum atomic E-state index is -0.652. The van der Waals surface area contributed by atoms with Gasteiger partial charge in [-0.3, -0.25) is 0 Å². The van der Waals surface area contributed by atoms with E-state index in [9.17, 15) is 19.2 Å². The Balaban J connectivity index is 0.757. The number of ether oxygens (including phenoxy) is 4. The Bertz CT molecular complexity index is 2840. The molecule has 454 valence electrons. The lowest BCUT2D eigenvalue weighted by atomic mass is 10.00. The standard InChI is InChI=1S/C78H94O8/c1-3-5-7-9-11-13-15-17-19-21-23-25-27-29-32-61-36-40-63(41-37-61)65-44-48-67(49-45-65)75(79)83-71-56-52-69(53-57-71)77(81)85-73-34-31-35-74(60-73)86-78(82)70-54-58-72(59-55-70)84-76(80)68-50-46-66(47-51-68)64-42-38-62(39-43-64)33-30-28-26-24-22-20-18-16-14-12-10-8-6-4-2/h31,34-60H,3-30,32-33H2,1-2H3.